The maximum Gasteiger partial charge on any atom is 0.273 e. The number of carbonyl (C=O) groups is 2. The number of carbonyl (C=O) groups excluding carboxylic acids is 2. The van der Waals surface area contributed by atoms with Crippen LogP contribution in [-0.2, 0) is 6.42 Å². The summed E-state index contributed by atoms with van der Waals surface area (Å²) in [6, 6.07) is 19.1. The van der Waals surface area contributed by atoms with Crippen molar-refractivity contribution in [2.24, 2.45) is 5.92 Å². The zero-order valence-electron chi connectivity index (χ0n) is 20.3. The molecule has 37 heavy (non-hydrogen) atoms. The Kier molecular flexibility index (Phi) is 8.25. The van der Waals surface area contributed by atoms with E-state index in [1.165, 1.54) is 30.9 Å². The molecule has 1 heterocycles. The lowest BCUT2D eigenvalue weighted by Crippen LogP contribution is -2.43. The highest BCUT2D eigenvalue weighted by Gasteiger charge is 2.25. The number of non-ortho nitro benzene ring substituents is 1. The molecule has 0 radical (unpaired) electrons. The number of methoxy groups -OCH3 is 1. The first kappa shape index (κ1) is 26.0. The van der Waals surface area contributed by atoms with Gasteiger partial charge in [0.1, 0.15) is 5.75 Å². The summed E-state index contributed by atoms with van der Waals surface area (Å²) in [6.45, 7) is 1.42. The molecule has 2 N–H and O–H groups in total. The summed E-state index contributed by atoms with van der Waals surface area (Å²) in [4.78, 5) is 38.7. The zero-order valence-corrected chi connectivity index (χ0v) is 21.0. The fourth-order valence-corrected chi connectivity index (χ4v) is 4.70. The molecule has 9 nitrogen and oxygen atoms in total. The van der Waals surface area contributed by atoms with E-state index in [0.717, 1.165) is 19.3 Å². The third kappa shape index (κ3) is 6.37. The van der Waals surface area contributed by atoms with Gasteiger partial charge in [-0.15, -0.1) is 0 Å². The molecular weight excluding hydrogens is 496 g/mol. The van der Waals surface area contributed by atoms with Gasteiger partial charge >= 0.3 is 0 Å². The summed E-state index contributed by atoms with van der Waals surface area (Å²) in [5.74, 6) is -0.507. The van der Waals surface area contributed by atoms with E-state index < -0.39 is 16.7 Å². The fourth-order valence-electron chi connectivity index (χ4n) is 4.53. The van der Waals surface area contributed by atoms with Crippen molar-refractivity contribution in [2.45, 2.75) is 19.3 Å². The third-order valence-corrected chi connectivity index (χ3v) is 6.69. The van der Waals surface area contributed by atoms with Gasteiger partial charge in [0.25, 0.3) is 17.5 Å². The van der Waals surface area contributed by atoms with E-state index in [0.29, 0.717) is 29.7 Å². The second kappa shape index (κ2) is 11.7. The molecule has 192 valence electrons. The summed E-state index contributed by atoms with van der Waals surface area (Å²) >= 11 is 5.99. The number of nitro groups is 1. The molecule has 1 aliphatic rings. The number of hydrogen-bond donors (Lipinski definition) is 2. The number of piperidine rings is 1. The van der Waals surface area contributed by atoms with Crippen LogP contribution in [0.4, 0.5) is 11.4 Å². The van der Waals surface area contributed by atoms with Crippen molar-refractivity contribution in [2.75, 3.05) is 25.1 Å². The van der Waals surface area contributed by atoms with Crippen LogP contribution in [-0.4, -0.2) is 36.9 Å². The molecule has 0 spiro atoms. The Hall–Kier alpha value is -4.11. The zero-order chi connectivity index (χ0) is 26.4. The molecule has 0 unspecified atom stereocenters. The van der Waals surface area contributed by atoms with Crippen LogP contribution in [0, 0.1) is 16.0 Å². The van der Waals surface area contributed by atoms with E-state index in [4.69, 9.17) is 16.3 Å². The summed E-state index contributed by atoms with van der Waals surface area (Å²) in [7, 11) is 1.41. The van der Waals surface area contributed by atoms with E-state index in [2.05, 4.69) is 27.9 Å². The van der Waals surface area contributed by atoms with Gasteiger partial charge in [-0.05, 0) is 55.0 Å². The summed E-state index contributed by atoms with van der Waals surface area (Å²) in [6.07, 6.45) is 2.84. The minimum absolute atomic E-state index is 0.106. The molecule has 3 aromatic rings. The monoisotopic (exact) mass is 522 g/mol. The van der Waals surface area contributed by atoms with E-state index in [1.807, 2.05) is 18.2 Å². The van der Waals surface area contributed by atoms with Crippen LogP contribution in [0.3, 0.4) is 0 Å². The largest absolute Gasteiger partial charge is 0.496 e. The van der Waals surface area contributed by atoms with Gasteiger partial charge in [-0.1, -0.05) is 41.9 Å². The van der Waals surface area contributed by atoms with Gasteiger partial charge in [-0.2, -0.15) is 0 Å². The van der Waals surface area contributed by atoms with Gasteiger partial charge in [0.05, 0.1) is 28.8 Å². The first-order valence-electron chi connectivity index (χ1n) is 11.9. The average Bonchev–Trinajstić information content (AvgIpc) is 2.92. The lowest BCUT2D eigenvalue weighted by Gasteiger charge is -2.34. The number of amides is 2. The summed E-state index contributed by atoms with van der Waals surface area (Å²) in [5.41, 5.74) is 6.62. The van der Waals surface area contributed by atoms with Crippen molar-refractivity contribution >= 4 is 34.8 Å². The van der Waals surface area contributed by atoms with Crippen LogP contribution < -0.4 is 20.5 Å². The van der Waals surface area contributed by atoms with Gasteiger partial charge in [-0.25, -0.2) is 0 Å². The van der Waals surface area contributed by atoms with Crippen LogP contribution in [0.15, 0.2) is 66.7 Å². The summed E-state index contributed by atoms with van der Waals surface area (Å²) in [5, 5.41) is 11.7. The number of halogens is 1. The van der Waals surface area contributed by atoms with Gasteiger partial charge < -0.3 is 9.64 Å². The summed E-state index contributed by atoms with van der Waals surface area (Å²) < 4.78 is 5.19. The van der Waals surface area contributed by atoms with Gasteiger partial charge in [0.2, 0.25) is 0 Å². The Labute approximate surface area is 219 Å². The van der Waals surface area contributed by atoms with E-state index in [-0.39, 0.29) is 22.6 Å². The molecule has 0 saturated carbocycles. The van der Waals surface area contributed by atoms with E-state index in [1.54, 1.807) is 18.2 Å². The molecule has 1 aliphatic heterocycles. The highest BCUT2D eigenvalue weighted by molar-refractivity contribution is 6.31. The van der Waals surface area contributed by atoms with Crippen LogP contribution in [0.5, 0.6) is 5.75 Å². The van der Waals surface area contributed by atoms with Crippen LogP contribution in [0.2, 0.25) is 5.02 Å². The minimum atomic E-state index is -0.667. The van der Waals surface area contributed by atoms with E-state index >= 15 is 0 Å². The smallest absolute Gasteiger partial charge is 0.273 e. The van der Waals surface area contributed by atoms with Crippen molar-refractivity contribution < 1.29 is 19.2 Å². The predicted octanol–water partition coefficient (Wildman–Crippen LogP) is 4.79. The molecule has 2 amide bonds. The second-order valence-corrected chi connectivity index (χ2v) is 9.27. The van der Waals surface area contributed by atoms with E-state index in [9.17, 15) is 19.7 Å². The van der Waals surface area contributed by atoms with Crippen molar-refractivity contribution in [1.82, 2.24) is 10.9 Å². The molecule has 4 rings (SSSR count). The van der Waals surface area contributed by atoms with Crippen molar-refractivity contribution in [1.29, 1.82) is 0 Å². The standard InChI is InChI=1S/C27H27ClN4O5/c1-37-25-10-7-20(28)16-23(25)27(34)30-29-26(33)22-17-21(32(35)36)8-9-24(22)31-13-11-19(12-14-31)15-18-5-3-2-4-6-18/h2-10,16-17,19H,11-15H2,1H3,(H,29,33)(H,30,34). The second-order valence-electron chi connectivity index (χ2n) is 8.83. The number of hydrazine groups is 1. The van der Waals surface area contributed by atoms with Crippen molar-refractivity contribution in [3.63, 3.8) is 0 Å². The molecule has 1 fully saturated rings. The van der Waals surface area contributed by atoms with Crippen LogP contribution >= 0.6 is 11.6 Å². The SMILES string of the molecule is COc1ccc(Cl)cc1C(=O)NNC(=O)c1cc([N+](=O)[O-])ccc1N1CCC(Cc2ccccc2)CC1. The molecule has 1 saturated heterocycles. The highest BCUT2D eigenvalue weighted by atomic mass is 35.5. The number of nitro benzene ring substituents is 1. The topological polar surface area (TPSA) is 114 Å². The quantitative estimate of drug-likeness (QED) is 0.340. The van der Waals surface area contributed by atoms with Crippen molar-refractivity contribution in [3.05, 3.63) is 98.6 Å². The number of ether oxygens (including phenoxy) is 1. The number of nitrogens with zero attached hydrogens (tertiary/aromatic N) is 2. The maximum atomic E-state index is 13.1. The molecule has 0 aromatic heterocycles. The first-order chi connectivity index (χ1) is 17.9. The Morgan fingerprint density at radius 1 is 1.00 bits per heavy atom. The number of hydrogen-bond acceptors (Lipinski definition) is 6. The lowest BCUT2D eigenvalue weighted by molar-refractivity contribution is -0.384. The molecule has 10 heteroatoms. The third-order valence-electron chi connectivity index (χ3n) is 6.45. The van der Waals surface area contributed by atoms with Crippen LogP contribution in [0.1, 0.15) is 39.1 Å². The predicted molar refractivity (Wildman–Crippen MR) is 141 cm³/mol. The Morgan fingerprint density at radius 2 is 1.68 bits per heavy atom. The normalized spacial score (nSPS) is 13.6. The first-order valence-corrected chi connectivity index (χ1v) is 12.2. The van der Waals surface area contributed by atoms with Crippen molar-refractivity contribution in [3.8, 4) is 5.75 Å². The Balaban J connectivity index is 1.47. The number of rotatable bonds is 7. The Bertz CT molecular complexity index is 1290. The van der Waals surface area contributed by atoms with Gasteiger partial charge in [0.15, 0.2) is 0 Å². The molecule has 0 aliphatic carbocycles. The lowest BCUT2D eigenvalue weighted by atomic mass is 9.89. The molecular formula is C27H27ClN4O5. The molecule has 0 atom stereocenters. The van der Waals surface area contributed by atoms with Crippen LogP contribution in [0.25, 0.3) is 0 Å². The Morgan fingerprint density at radius 3 is 2.32 bits per heavy atom. The number of benzene rings is 3. The fraction of sp³-hybridized carbons (Fsp3) is 0.259. The highest BCUT2D eigenvalue weighted by Crippen LogP contribution is 2.30. The van der Waals surface area contributed by atoms with Gasteiger partial charge in [0, 0.05) is 30.2 Å². The minimum Gasteiger partial charge on any atom is -0.496 e. The molecule has 0 bridgehead atoms. The molecule has 3 aromatic carbocycles. The number of anilines is 1. The average molecular weight is 523 g/mol. The van der Waals surface area contributed by atoms with Gasteiger partial charge in [-0.3, -0.25) is 30.6 Å². The maximum absolute atomic E-state index is 13.1. The number of nitrogens with one attached hydrogen (secondary N) is 2.